The zero-order valence-corrected chi connectivity index (χ0v) is 10.5. The van der Waals surface area contributed by atoms with Gasteiger partial charge in [0.25, 0.3) is 5.91 Å². The molecule has 2 aromatic rings. The maximum absolute atomic E-state index is 12.3. The highest BCUT2D eigenvalue weighted by Gasteiger charge is 2.29. The van der Waals surface area contributed by atoms with Crippen molar-refractivity contribution in [3.05, 3.63) is 47.7 Å². The van der Waals surface area contributed by atoms with E-state index in [9.17, 15) is 4.79 Å². The Balaban J connectivity index is 1.71. The lowest BCUT2D eigenvalue weighted by atomic mass is 10.1. The number of carbonyl (C=O) groups excluding carboxylic acids is 1. The minimum Gasteiger partial charge on any atom is -0.368 e. The molecule has 2 N–H and O–H groups in total. The van der Waals surface area contributed by atoms with Crippen LogP contribution in [0.2, 0.25) is 0 Å². The normalized spacial score (nSPS) is 18.7. The molecule has 1 atom stereocenters. The smallest absolute Gasteiger partial charge is 0.253 e. The van der Waals surface area contributed by atoms with Crippen molar-refractivity contribution >= 4 is 11.8 Å². The predicted octanol–water partition coefficient (Wildman–Crippen LogP) is 1.89. The van der Waals surface area contributed by atoms with Gasteiger partial charge in [-0.15, -0.1) is 0 Å². The van der Waals surface area contributed by atoms with Gasteiger partial charge in [0.05, 0.1) is 5.69 Å². The summed E-state index contributed by atoms with van der Waals surface area (Å²) >= 11 is 0. The molecule has 0 saturated carbocycles. The van der Waals surface area contributed by atoms with Crippen molar-refractivity contribution < 1.29 is 9.32 Å². The number of nitrogen functional groups attached to an aromatic ring is 1. The molecular weight excluding hydrogens is 242 g/mol. The summed E-state index contributed by atoms with van der Waals surface area (Å²) in [6.07, 6.45) is 0.893. The van der Waals surface area contributed by atoms with Crippen LogP contribution in [0.5, 0.6) is 0 Å². The van der Waals surface area contributed by atoms with E-state index in [1.807, 2.05) is 35.2 Å². The SMILES string of the molecule is Nc1cc(C2CCN(C(=O)c3ccccc3)C2)no1. The lowest BCUT2D eigenvalue weighted by molar-refractivity contribution is 0.0790. The quantitative estimate of drug-likeness (QED) is 0.891. The van der Waals surface area contributed by atoms with E-state index >= 15 is 0 Å². The number of hydrogen-bond acceptors (Lipinski definition) is 4. The van der Waals surface area contributed by atoms with Crippen molar-refractivity contribution in [1.29, 1.82) is 0 Å². The van der Waals surface area contributed by atoms with Gasteiger partial charge in [-0.25, -0.2) is 0 Å². The van der Waals surface area contributed by atoms with Crippen LogP contribution in [0.3, 0.4) is 0 Å². The molecule has 2 heterocycles. The first-order valence-electron chi connectivity index (χ1n) is 6.30. The molecule has 1 unspecified atom stereocenters. The predicted molar refractivity (Wildman–Crippen MR) is 70.6 cm³/mol. The first kappa shape index (κ1) is 11.8. The molecule has 1 aliphatic rings. The summed E-state index contributed by atoms with van der Waals surface area (Å²) in [5.74, 6) is 0.608. The molecule has 5 heteroatoms. The molecule has 19 heavy (non-hydrogen) atoms. The third kappa shape index (κ3) is 2.31. The second-order valence-electron chi connectivity index (χ2n) is 4.76. The maximum atomic E-state index is 12.3. The number of carbonyl (C=O) groups is 1. The number of anilines is 1. The molecule has 5 nitrogen and oxygen atoms in total. The minimum atomic E-state index is 0.0690. The fourth-order valence-electron chi connectivity index (χ4n) is 2.45. The van der Waals surface area contributed by atoms with E-state index in [1.54, 1.807) is 6.07 Å². The molecule has 0 spiro atoms. The highest BCUT2D eigenvalue weighted by Crippen LogP contribution is 2.28. The van der Waals surface area contributed by atoms with Crippen molar-refractivity contribution in [2.75, 3.05) is 18.8 Å². The van der Waals surface area contributed by atoms with Gasteiger partial charge in [0.2, 0.25) is 5.88 Å². The van der Waals surface area contributed by atoms with Crippen LogP contribution >= 0.6 is 0 Å². The number of nitrogens with two attached hydrogens (primary N) is 1. The standard InChI is InChI=1S/C14H15N3O2/c15-13-8-12(16-19-13)11-6-7-17(9-11)14(18)10-4-2-1-3-5-10/h1-5,8,11H,6-7,9,15H2. The van der Waals surface area contributed by atoms with E-state index in [1.165, 1.54) is 0 Å². The summed E-state index contributed by atoms with van der Waals surface area (Å²) in [6, 6.07) is 11.1. The monoisotopic (exact) mass is 257 g/mol. The highest BCUT2D eigenvalue weighted by molar-refractivity contribution is 5.94. The molecular formula is C14H15N3O2. The van der Waals surface area contributed by atoms with Crippen LogP contribution in [0.1, 0.15) is 28.4 Å². The van der Waals surface area contributed by atoms with Crippen LogP contribution in [0, 0.1) is 0 Å². The van der Waals surface area contributed by atoms with E-state index in [0.717, 1.165) is 24.2 Å². The first-order chi connectivity index (χ1) is 9.24. The van der Waals surface area contributed by atoms with Crippen molar-refractivity contribution in [2.45, 2.75) is 12.3 Å². The summed E-state index contributed by atoms with van der Waals surface area (Å²) < 4.78 is 4.88. The molecule has 0 bridgehead atoms. The average Bonchev–Trinajstić information content (AvgIpc) is 3.07. The van der Waals surface area contributed by atoms with Gasteiger partial charge in [-0.2, -0.15) is 0 Å². The molecule has 3 rings (SSSR count). The van der Waals surface area contributed by atoms with Crippen molar-refractivity contribution in [2.24, 2.45) is 0 Å². The Hall–Kier alpha value is -2.30. The number of aromatic nitrogens is 1. The van der Waals surface area contributed by atoms with Gasteiger partial charge in [-0.05, 0) is 18.6 Å². The fraction of sp³-hybridized carbons (Fsp3) is 0.286. The number of rotatable bonds is 2. The van der Waals surface area contributed by atoms with Crippen molar-refractivity contribution in [3.63, 3.8) is 0 Å². The molecule has 98 valence electrons. The summed E-state index contributed by atoms with van der Waals surface area (Å²) in [7, 11) is 0. The van der Waals surface area contributed by atoms with E-state index in [-0.39, 0.29) is 11.8 Å². The number of likely N-dealkylation sites (tertiary alicyclic amines) is 1. The third-order valence-electron chi connectivity index (χ3n) is 3.46. The number of benzene rings is 1. The van der Waals surface area contributed by atoms with Crippen LogP contribution in [0.25, 0.3) is 0 Å². The Kier molecular flexibility index (Phi) is 2.95. The number of hydrogen-bond donors (Lipinski definition) is 1. The molecule has 1 aromatic heterocycles. The lowest BCUT2D eigenvalue weighted by Crippen LogP contribution is -2.28. The molecule has 0 aliphatic carbocycles. The third-order valence-corrected chi connectivity index (χ3v) is 3.46. The van der Waals surface area contributed by atoms with Gasteiger partial charge in [0.15, 0.2) is 0 Å². The zero-order valence-electron chi connectivity index (χ0n) is 10.5. The van der Waals surface area contributed by atoms with Gasteiger partial charge in [0.1, 0.15) is 0 Å². The van der Waals surface area contributed by atoms with Crippen molar-refractivity contribution in [3.8, 4) is 0 Å². The molecule has 1 amide bonds. The average molecular weight is 257 g/mol. The van der Waals surface area contributed by atoms with Gasteiger partial charge in [0, 0.05) is 30.6 Å². The van der Waals surface area contributed by atoms with Gasteiger partial charge in [-0.1, -0.05) is 23.4 Å². The van der Waals surface area contributed by atoms with E-state index in [2.05, 4.69) is 5.16 Å². The molecule has 1 aromatic carbocycles. The Morgan fingerprint density at radius 2 is 2.16 bits per heavy atom. The summed E-state index contributed by atoms with van der Waals surface area (Å²) in [5.41, 5.74) is 7.08. The van der Waals surface area contributed by atoms with E-state index < -0.39 is 0 Å². The van der Waals surface area contributed by atoms with Gasteiger partial charge < -0.3 is 15.2 Å². The topological polar surface area (TPSA) is 72.4 Å². The van der Waals surface area contributed by atoms with Gasteiger partial charge in [-0.3, -0.25) is 4.79 Å². The summed E-state index contributed by atoms with van der Waals surface area (Å²) in [6.45, 7) is 1.41. The Labute approximate surface area is 111 Å². The summed E-state index contributed by atoms with van der Waals surface area (Å²) in [5, 5.41) is 3.93. The number of amides is 1. The van der Waals surface area contributed by atoms with Crippen LogP contribution in [-0.4, -0.2) is 29.1 Å². The lowest BCUT2D eigenvalue weighted by Gasteiger charge is -2.15. The maximum Gasteiger partial charge on any atom is 0.253 e. The molecule has 1 saturated heterocycles. The van der Waals surface area contributed by atoms with Crippen LogP contribution in [-0.2, 0) is 0 Å². The second-order valence-corrected chi connectivity index (χ2v) is 4.76. The summed E-state index contributed by atoms with van der Waals surface area (Å²) in [4.78, 5) is 14.1. The second kappa shape index (κ2) is 4.76. The molecule has 1 aliphatic heterocycles. The Morgan fingerprint density at radius 1 is 1.37 bits per heavy atom. The Bertz CT molecular complexity index is 579. The van der Waals surface area contributed by atoms with Crippen molar-refractivity contribution in [1.82, 2.24) is 10.1 Å². The highest BCUT2D eigenvalue weighted by atomic mass is 16.5. The fourth-order valence-corrected chi connectivity index (χ4v) is 2.45. The van der Waals surface area contributed by atoms with E-state index in [0.29, 0.717) is 12.4 Å². The molecule has 1 fully saturated rings. The number of nitrogens with zero attached hydrogens (tertiary/aromatic N) is 2. The van der Waals surface area contributed by atoms with Gasteiger partial charge >= 0.3 is 0 Å². The molecule has 0 radical (unpaired) electrons. The van der Waals surface area contributed by atoms with Crippen LogP contribution in [0.15, 0.2) is 40.9 Å². The largest absolute Gasteiger partial charge is 0.368 e. The van der Waals surface area contributed by atoms with Crippen LogP contribution < -0.4 is 5.73 Å². The van der Waals surface area contributed by atoms with E-state index in [4.69, 9.17) is 10.3 Å². The minimum absolute atomic E-state index is 0.0690. The Morgan fingerprint density at radius 3 is 2.84 bits per heavy atom. The zero-order chi connectivity index (χ0) is 13.2. The first-order valence-corrected chi connectivity index (χ1v) is 6.30. The van der Waals surface area contributed by atoms with Crippen LogP contribution in [0.4, 0.5) is 5.88 Å².